The number of carbonyl (C=O) groups is 1. The summed E-state index contributed by atoms with van der Waals surface area (Å²) in [5.41, 5.74) is 5.72. The second kappa shape index (κ2) is 7.07. The molecule has 1 rings (SSSR count). The molecule has 104 valence electrons. The number of rotatable bonds is 6. The van der Waals surface area contributed by atoms with Gasteiger partial charge in [0.05, 0.1) is 4.99 Å². The van der Waals surface area contributed by atoms with Crippen LogP contribution in [0, 0.1) is 5.41 Å². The van der Waals surface area contributed by atoms with Crippen molar-refractivity contribution >= 4 is 23.1 Å². The Bertz CT molecular complexity index is 296. The Morgan fingerprint density at radius 1 is 1.28 bits per heavy atom. The van der Waals surface area contributed by atoms with Crippen LogP contribution >= 0.6 is 12.2 Å². The van der Waals surface area contributed by atoms with Crippen molar-refractivity contribution in [3.05, 3.63) is 0 Å². The molecule has 1 aliphatic rings. The van der Waals surface area contributed by atoms with Gasteiger partial charge >= 0.3 is 0 Å². The number of piperidine rings is 1. The number of nitrogens with two attached hydrogens (primary N) is 1. The third kappa shape index (κ3) is 4.23. The van der Waals surface area contributed by atoms with Gasteiger partial charge in [0.2, 0.25) is 5.91 Å². The van der Waals surface area contributed by atoms with Gasteiger partial charge in [-0.3, -0.25) is 4.79 Å². The number of hydrogen-bond donors (Lipinski definition) is 1. The van der Waals surface area contributed by atoms with Crippen LogP contribution in [-0.4, -0.2) is 28.9 Å². The highest BCUT2D eigenvalue weighted by Gasteiger charge is 2.33. The van der Waals surface area contributed by atoms with Crippen LogP contribution in [0.3, 0.4) is 0 Å². The standard InChI is InChI=1S/C14H26N2OS/c1-3-4-5-6-7-12(17)16-10-8-14(2,9-11-16)13(15)18/h3-11H2,1-2H3,(H2,15,18). The summed E-state index contributed by atoms with van der Waals surface area (Å²) in [7, 11) is 0. The van der Waals surface area contributed by atoms with Crippen LogP contribution in [0.2, 0.25) is 0 Å². The zero-order valence-corrected chi connectivity index (χ0v) is 12.5. The topological polar surface area (TPSA) is 46.3 Å². The van der Waals surface area contributed by atoms with E-state index in [0.717, 1.165) is 32.4 Å². The number of thiocarbonyl (C=S) groups is 1. The van der Waals surface area contributed by atoms with Gasteiger partial charge in [0.25, 0.3) is 0 Å². The average molecular weight is 270 g/mol. The van der Waals surface area contributed by atoms with Gasteiger partial charge in [-0.05, 0) is 19.3 Å². The van der Waals surface area contributed by atoms with Gasteiger partial charge in [-0.2, -0.15) is 0 Å². The molecule has 0 unspecified atom stereocenters. The van der Waals surface area contributed by atoms with Crippen LogP contribution in [0.5, 0.6) is 0 Å². The van der Waals surface area contributed by atoms with Crippen molar-refractivity contribution in [3.8, 4) is 0 Å². The Morgan fingerprint density at radius 3 is 2.39 bits per heavy atom. The van der Waals surface area contributed by atoms with Crippen molar-refractivity contribution in [1.29, 1.82) is 0 Å². The molecule has 0 radical (unpaired) electrons. The Balaban J connectivity index is 2.30. The lowest BCUT2D eigenvalue weighted by Gasteiger charge is -2.38. The maximum atomic E-state index is 12.0. The predicted molar refractivity (Wildman–Crippen MR) is 79.5 cm³/mol. The van der Waals surface area contributed by atoms with Crippen molar-refractivity contribution in [3.63, 3.8) is 0 Å². The quantitative estimate of drug-likeness (QED) is 0.596. The monoisotopic (exact) mass is 270 g/mol. The lowest BCUT2D eigenvalue weighted by atomic mass is 9.80. The maximum absolute atomic E-state index is 12.0. The molecule has 2 N–H and O–H groups in total. The van der Waals surface area contributed by atoms with E-state index in [9.17, 15) is 4.79 Å². The van der Waals surface area contributed by atoms with Gasteiger partial charge in [0.15, 0.2) is 0 Å². The van der Waals surface area contributed by atoms with E-state index < -0.39 is 0 Å². The average Bonchev–Trinajstić information content (AvgIpc) is 2.35. The molecule has 0 spiro atoms. The van der Waals surface area contributed by atoms with E-state index in [1.54, 1.807) is 0 Å². The summed E-state index contributed by atoms with van der Waals surface area (Å²) in [6.45, 7) is 5.91. The first-order valence-corrected chi connectivity index (χ1v) is 7.48. The van der Waals surface area contributed by atoms with Gasteiger partial charge in [0.1, 0.15) is 0 Å². The number of unbranched alkanes of at least 4 members (excludes halogenated alkanes) is 3. The molecular formula is C14H26N2OS. The van der Waals surface area contributed by atoms with Crippen molar-refractivity contribution < 1.29 is 4.79 Å². The van der Waals surface area contributed by atoms with Gasteiger partial charge in [-0.1, -0.05) is 45.3 Å². The maximum Gasteiger partial charge on any atom is 0.222 e. The molecule has 3 nitrogen and oxygen atoms in total. The van der Waals surface area contributed by atoms with E-state index in [0.29, 0.717) is 17.3 Å². The predicted octanol–water partition coefficient (Wildman–Crippen LogP) is 2.87. The Morgan fingerprint density at radius 2 is 1.89 bits per heavy atom. The van der Waals surface area contributed by atoms with Crippen LogP contribution in [0.4, 0.5) is 0 Å². The lowest BCUT2D eigenvalue weighted by molar-refractivity contribution is -0.133. The summed E-state index contributed by atoms with van der Waals surface area (Å²) in [5, 5.41) is 0. The summed E-state index contributed by atoms with van der Waals surface area (Å²) < 4.78 is 0. The molecule has 1 fully saturated rings. The Kier molecular flexibility index (Phi) is 6.06. The number of hydrogen-bond acceptors (Lipinski definition) is 2. The smallest absolute Gasteiger partial charge is 0.222 e. The molecule has 0 aliphatic carbocycles. The van der Waals surface area contributed by atoms with E-state index >= 15 is 0 Å². The minimum Gasteiger partial charge on any atom is -0.393 e. The van der Waals surface area contributed by atoms with Crippen molar-refractivity contribution in [2.24, 2.45) is 11.1 Å². The molecule has 1 amide bonds. The Hall–Kier alpha value is -0.640. The fourth-order valence-electron chi connectivity index (χ4n) is 2.36. The molecule has 1 saturated heterocycles. The molecule has 0 aromatic heterocycles. The molecule has 18 heavy (non-hydrogen) atoms. The van der Waals surface area contributed by atoms with E-state index in [1.807, 2.05) is 4.90 Å². The molecular weight excluding hydrogens is 244 g/mol. The molecule has 0 atom stereocenters. The fraction of sp³-hybridized carbons (Fsp3) is 0.857. The molecule has 0 saturated carbocycles. The largest absolute Gasteiger partial charge is 0.393 e. The Labute approximate surface area is 116 Å². The normalized spacial score (nSPS) is 18.7. The summed E-state index contributed by atoms with van der Waals surface area (Å²) in [6, 6.07) is 0. The first-order chi connectivity index (χ1) is 8.49. The molecule has 1 aliphatic heterocycles. The number of amides is 1. The van der Waals surface area contributed by atoms with Gasteiger partial charge in [0, 0.05) is 24.9 Å². The fourth-order valence-corrected chi connectivity index (χ4v) is 2.56. The highest BCUT2D eigenvalue weighted by Crippen LogP contribution is 2.31. The third-order valence-electron chi connectivity index (χ3n) is 4.06. The van der Waals surface area contributed by atoms with Crippen molar-refractivity contribution in [1.82, 2.24) is 4.90 Å². The zero-order chi connectivity index (χ0) is 13.6. The summed E-state index contributed by atoms with van der Waals surface area (Å²) >= 11 is 5.11. The van der Waals surface area contributed by atoms with Crippen molar-refractivity contribution in [2.45, 2.75) is 58.8 Å². The van der Waals surface area contributed by atoms with Gasteiger partial charge < -0.3 is 10.6 Å². The minimum atomic E-state index is -0.0473. The highest BCUT2D eigenvalue weighted by atomic mass is 32.1. The number of nitrogens with zero attached hydrogens (tertiary/aromatic N) is 1. The van der Waals surface area contributed by atoms with Crippen molar-refractivity contribution in [2.75, 3.05) is 13.1 Å². The van der Waals surface area contributed by atoms with Crippen LogP contribution in [-0.2, 0) is 4.79 Å². The highest BCUT2D eigenvalue weighted by molar-refractivity contribution is 7.80. The van der Waals surface area contributed by atoms with E-state index in [-0.39, 0.29) is 5.41 Å². The second-order valence-corrected chi connectivity index (χ2v) is 6.06. The van der Waals surface area contributed by atoms with Crippen LogP contribution in [0.15, 0.2) is 0 Å². The third-order valence-corrected chi connectivity index (χ3v) is 4.55. The van der Waals surface area contributed by atoms with Gasteiger partial charge in [-0.25, -0.2) is 0 Å². The minimum absolute atomic E-state index is 0.0473. The van der Waals surface area contributed by atoms with Gasteiger partial charge in [-0.15, -0.1) is 0 Å². The zero-order valence-electron chi connectivity index (χ0n) is 11.7. The van der Waals surface area contributed by atoms with E-state index in [4.69, 9.17) is 18.0 Å². The molecule has 0 bridgehead atoms. The van der Waals surface area contributed by atoms with E-state index in [2.05, 4.69) is 13.8 Å². The molecule has 0 aromatic rings. The number of carbonyl (C=O) groups excluding carboxylic acids is 1. The van der Waals surface area contributed by atoms with E-state index in [1.165, 1.54) is 19.3 Å². The first-order valence-electron chi connectivity index (χ1n) is 7.07. The van der Waals surface area contributed by atoms with Crippen LogP contribution < -0.4 is 5.73 Å². The molecule has 1 heterocycles. The molecule has 4 heteroatoms. The van der Waals surface area contributed by atoms with Crippen LogP contribution in [0.1, 0.15) is 58.8 Å². The first kappa shape index (κ1) is 15.4. The number of likely N-dealkylation sites (tertiary alicyclic amines) is 1. The second-order valence-electron chi connectivity index (χ2n) is 5.62. The lowest BCUT2D eigenvalue weighted by Crippen LogP contribution is -2.46. The summed E-state index contributed by atoms with van der Waals surface area (Å²) in [6.07, 6.45) is 7.14. The summed E-state index contributed by atoms with van der Waals surface area (Å²) in [5.74, 6) is 0.302. The molecule has 0 aromatic carbocycles. The van der Waals surface area contributed by atoms with Crippen LogP contribution in [0.25, 0.3) is 0 Å². The SMILES string of the molecule is CCCCCCC(=O)N1CCC(C)(C(N)=S)CC1. The summed E-state index contributed by atoms with van der Waals surface area (Å²) in [4.78, 5) is 14.6.